The second-order valence-corrected chi connectivity index (χ2v) is 6.60. The zero-order valence-electron chi connectivity index (χ0n) is 10.5. The summed E-state index contributed by atoms with van der Waals surface area (Å²) < 4.78 is 66.9. The lowest BCUT2D eigenvalue weighted by Gasteiger charge is -2.62. The van der Waals surface area contributed by atoms with Crippen molar-refractivity contribution in [2.24, 2.45) is 29.1 Å². The Morgan fingerprint density at radius 3 is 1.89 bits per heavy atom. The molecule has 4 aliphatic rings. The third-order valence-electron chi connectivity index (χ3n) is 5.63. The van der Waals surface area contributed by atoms with Gasteiger partial charge >= 0.3 is 12.1 Å². The van der Waals surface area contributed by atoms with Crippen molar-refractivity contribution in [2.45, 2.75) is 44.2 Å². The van der Waals surface area contributed by atoms with Crippen molar-refractivity contribution < 1.29 is 22.0 Å². The minimum atomic E-state index is -5.46. The van der Waals surface area contributed by atoms with E-state index in [-0.39, 0.29) is 30.6 Å². The van der Waals surface area contributed by atoms with E-state index in [2.05, 4.69) is 6.58 Å². The van der Waals surface area contributed by atoms with Crippen molar-refractivity contribution >= 4 is 0 Å². The summed E-state index contributed by atoms with van der Waals surface area (Å²) in [6.45, 7) is 3.55. The van der Waals surface area contributed by atoms with Gasteiger partial charge in [-0.25, -0.2) is 0 Å². The minimum Gasteiger partial charge on any atom is -0.196 e. The molecular weight excluding hydrogens is 263 g/mol. The molecule has 0 aliphatic heterocycles. The molecule has 0 N–H and O–H groups in total. The van der Waals surface area contributed by atoms with Crippen LogP contribution in [-0.4, -0.2) is 12.1 Å². The van der Waals surface area contributed by atoms with Crippen molar-refractivity contribution in [1.29, 1.82) is 0 Å². The van der Waals surface area contributed by atoms with E-state index in [4.69, 9.17) is 0 Å². The zero-order chi connectivity index (χ0) is 14.1. The Bertz CT molecular complexity index is 383. The number of rotatable bonds is 2. The maximum absolute atomic E-state index is 14.1. The first-order chi connectivity index (χ1) is 8.71. The van der Waals surface area contributed by atoms with E-state index in [1.807, 2.05) is 0 Å². The highest BCUT2D eigenvalue weighted by molar-refractivity contribution is 5.16. The molecule has 0 saturated heterocycles. The maximum atomic E-state index is 14.1. The van der Waals surface area contributed by atoms with Gasteiger partial charge in [0.1, 0.15) is 0 Å². The molecule has 0 aromatic carbocycles. The molecule has 0 radical (unpaired) electrons. The van der Waals surface area contributed by atoms with Crippen LogP contribution in [-0.2, 0) is 0 Å². The topological polar surface area (TPSA) is 0 Å². The number of alkyl halides is 5. The molecule has 0 aromatic rings. The van der Waals surface area contributed by atoms with Gasteiger partial charge < -0.3 is 0 Å². The van der Waals surface area contributed by atoms with E-state index in [0.29, 0.717) is 0 Å². The highest BCUT2D eigenvalue weighted by Crippen LogP contribution is 2.70. The van der Waals surface area contributed by atoms with Gasteiger partial charge in [0.25, 0.3) is 0 Å². The monoisotopic (exact) mass is 280 g/mol. The zero-order valence-corrected chi connectivity index (χ0v) is 10.5. The van der Waals surface area contributed by atoms with Crippen molar-refractivity contribution in [1.82, 2.24) is 0 Å². The van der Waals surface area contributed by atoms with E-state index in [9.17, 15) is 22.0 Å². The molecule has 4 bridgehead atoms. The van der Waals surface area contributed by atoms with Gasteiger partial charge in [-0.3, -0.25) is 0 Å². The van der Waals surface area contributed by atoms with Crippen LogP contribution in [0.3, 0.4) is 0 Å². The van der Waals surface area contributed by atoms with Gasteiger partial charge in [0.15, 0.2) is 0 Å². The SMILES string of the molecule is C=CC1C2CC3CC(C2)CC1(C(F)(F)C(F)(F)F)C3. The summed E-state index contributed by atoms with van der Waals surface area (Å²) in [6.07, 6.45) is -1.67. The fourth-order valence-electron chi connectivity index (χ4n) is 5.25. The van der Waals surface area contributed by atoms with E-state index in [1.54, 1.807) is 0 Å². The molecule has 0 amide bonds. The number of hydrogen-bond acceptors (Lipinski definition) is 0. The van der Waals surface area contributed by atoms with Gasteiger partial charge in [0.05, 0.1) is 5.41 Å². The van der Waals surface area contributed by atoms with Crippen molar-refractivity contribution in [2.75, 3.05) is 0 Å². The smallest absolute Gasteiger partial charge is 0.196 e. The first kappa shape index (κ1) is 13.4. The Kier molecular flexibility index (Phi) is 2.63. The molecule has 0 spiro atoms. The summed E-state index contributed by atoms with van der Waals surface area (Å²) in [5.74, 6) is -5.24. The normalized spacial score (nSPS) is 45.5. The predicted molar refractivity (Wildman–Crippen MR) is 60.7 cm³/mol. The third kappa shape index (κ3) is 1.56. The maximum Gasteiger partial charge on any atom is 0.453 e. The number of halogens is 5. The Labute approximate surface area is 109 Å². The molecule has 3 unspecified atom stereocenters. The molecule has 19 heavy (non-hydrogen) atoms. The average Bonchev–Trinajstić information content (AvgIpc) is 2.26. The Morgan fingerprint density at radius 1 is 0.947 bits per heavy atom. The summed E-state index contributed by atoms with van der Waals surface area (Å²) in [5.41, 5.74) is -1.93. The summed E-state index contributed by atoms with van der Waals surface area (Å²) >= 11 is 0. The van der Waals surface area contributed by atoms with E-state index in [1.165, 1.54) is 6.08 Å². The third-order valence-corrected chi connectivity index (χ3v) is 5.63. The summed E-state index contributed by atoms with van der Waals surface area (Å²) in [4.78, 5) is 0. The second kappa shape index (κ2) is 3.73. The molecule has 0 aromatic heterocycles. The fourth-order valence-corrected chi connectivity index (χ4v) is 5.25. The lowest BCUT2D eigenvalue weighted by Crippen LogP contribution is -2.64. The van der Waals surface area contributed by atoms with E-state index in [0.717, 1.165) is 19.3 Å². The minimum absolute atomic E-state index is 0.00317. The number of hydrogen-bond donors (Lipinski definition) is 0. The van der Waals surface area contributed by atoms with Crippen LogP contribution in [0.2, 0.25) is 0 Å². The first-order valence-electron chi connectivity index (χ1n) is 6.78. The molecule has 3 atom stereocenters. The standard InChI is InChI=1S/C14H17F5/c1-2-11-10-4-8-3-9(5-10)7-12(11,6-8)13(15,16)14(17,18)19/h2,8-11H,1,3-7H2. The van der Waals surface area contributed by atoms with Crippen LogP contribution in [0.5, 0.6) is 0 Å². The largest absolute Gasteiger partial charge is 0.453 e. The van der Waals surface area contributed by atoms with Crippen LogP contribution < -0.4 is 0 Å². The first-order valence-corrected chi connectivity index (χ1v) is 6.78. The molecule has 4 aliphatic carbocycles. The van der Waals surface area contributed by atoms with Gasteiger partial charge in [0.2, 0.25) is 0 Å². The Balaban J connectivity index is 2.07. The predicted octanol–water partition coefficient (Wildman–Crippen LogP) is 4.81. The highest BCUT2D eigenvalue weighted by Gasteiger charge is 2.75. The van der Waals surface area contributed by atoms with Gasteiger partial charge in [0, 0.05) is 0 Å². The van der Waals surface area contributed by atoms with Crippen LogP contribution >= 0.6 is 0 Å². The van der Waals surface area contributed by atoms with Gasteiger partial charge in [-0.1, -0.05) is 6.08 Å². The molecule has 5 heteroatoms. The van der Waals surface area contributed by atoms with Gasteiger partial charge in [-0.2, -0.15) is 22.0 Å². The fraction of sp³-hybridized carbons (Fsp3) is 0.857. The molecule has 108 valence electrons. The van der Waals surface area contributed by atoms with Crippen molar-refractivity contribution in [3.8, 4) is 0 Å². The van der Waals surface area contributed by atoms with E-state index < -0.39 is 23.4 Å². The van der Waals surface area contributed by atoms with Crippen LogP contribution in [0.25, 0.3) is 0 Å². The number of allylic oxidation sites excluding steroid dienone is 1. The van der Waals surface area contributed by atoms with Crippen LogP contribution in [0.4, 0.5) is 22.0 Å². The van der Waals surface area contributed by atoms with E-state index >= 15 is 0 Å². The quantitative estimate of drug-likeness (QED) is 0.503. The summed E-state index contributed by atoms with van der Waals surface area (Å²) in [6, 6.07) is 0. The van der Waals surface area contributed by atoms with Crippen molar-refractivity contribution in [3.63, 3.8) is 0 Å². The Morgan fingerprint density at radius 2 is 1.47 bits per heavy atom. The Hall–Kier alpha value is -0.610. The highest BCUT2D eigenvalue weighted by atomic mass is 19.4. The second-order valence-electron chi connectivity index (χ2n) is 6.60. The molecule has 0 nitrogen and oxygen atoms in total. The molecular formula is C14H17F5. The van der Waals surface area contributed by atoms with Gasteiger partial charge in [-0.05, 0) is 55.8 Å². The van der Waals surface area contributed by atoms with Crippen LogP contribution in [0, 0.1) is 29.1 Å². The molecule has 0 heterocycles. The lowest BCUT2D eigenvalue weighted by atomic mass is 9.43. The summed E-state index contributed by atoms with van der Waals surface area (Å²) in [5, 5.41) is 0. The molecule has 4 fully saturated rings. The molecule has 4 saturated carbocycles. The average molecular weight is 280 g/mol. The van der Waals surface area contributed by atoms with Crippen LogP contribution in [0.1, 0.15) is 32.1 Å². The molecule has 4 rings (SSSR count). The van der Waals surface area contributed by atoms with Crippen LogP contribution in [0.15, 0.2) is 12.7 Å². The lowest BCUT2D eigenvalue weighted by molar-refractivity contribution is -0.357. The van der Waals surface area contributed by atoms with Crippen molar-refractivity contribution in [3.05, 3.63) is 12.7 Å². The van der Waals surface area contributed by atoms with Gasteiger partial charge in [-0.15, -0.1) is 6.58 Å². The summed E-state index contributed by atoms with van der Waals surface area (Å²) in [7, 11) is 0.